The van der Waals surface area contributed by atoms with Gasteiger partial charge in [-0.05, 0) is 12.1 Å². The number of nitrogens with zero attached hydrogens (tertiary/aromatic N) is 4. The highest BCUT2D eigenvalue weighted by molar-refractivity contribution is 5.93. The Morgan fingerprint density at radius 2 is 1.92 bits per heavy atom. The molecule has 8 heteroatoms. The van der Waals surface area contributed by atoms with E-state index in [2.05, 4.69) is 20.3 Å². The van der Waals surface area contributed by atoms with Gasteiger partial charge >= 0.3 is 0 Å². The molecular formula is C17H20FN5O2. The van der Waals surface area contributed by atoms with E-state index in [1.165, 1.54) is 24.5 Å². The first kappa shape index (κ1) is 17.4. The van der Waals surface area contributed by atoms with Crippen LogP contribution in [-0.4, -0.2) is 70.2 Å². The second-order valence-corrected chi connectivity index (χ2v) is 5.80. The second-order valence-electron chi connectivity index (χ2n) is 5.80. The van der Waals surface area contributed by atoms with Crippen LogP contribution in [0.25, 0.3) is 11.4 Å². The van der Waals surface area contributed by atoms with Crippen LogP contribution in [-0.2, 0) is 0 Å². The fourth-order valence-electron chi connectivity index (χ4n) is 2.65. The zero-order valence-corrected chi connectivity index (χ0v) is 13.7. The van der Waals surface area contributed by atoms with Crippen LogP contribution < -0.4 is 5.43 Å². The molecule has 7 nitrogen and oxygen atoms in total. The Labute approximate surface area is 145 Å². The number of benzene rings is 1. The number of nitrogens with one attached hydrogen (secondary N) is 1. The number of aliphatic hydroxyl groups is 1. The summed E-state index contributed by atoms with van der Waals surface area (Å²) < 4.78 is 13.3. The minimum Gasteiger partial charge on any atom is -0.395 e. The number of hydrazine groups is 1. The Hall–Kier alpha value is -2.42. The van der Waals surface area contributed by atoms with Crippen LogP contribution in [0.15, 0.2) is 36.7 Å². The van der Waals surface area contributed by atoms with E-state index in [1.807, 2.05) is 5.01 Å². The Bertz CT molecular complexity index is 717. The molecule has 1 aliphatic rings. The van der Waals surface area contributed by atoms with Crippen LogP contribution in [0.1, 0.15) is 10.4 Å². The van der Waals surface area contributed by atoms with Crippen molar-refractivity contribution < 1.29 is 14.3 Å². The second kappa shape index (κ2) is 8.11. The number of halogens is 1. The molecule has 132 valence electrons. The van der Waals surface area contributed by atoms with Gasteiger partial charge < -0.3 is 5.11 Å². The average molecular weight is 345 g/mol. The lowest BCUT2D eigenvalue weighted by Gasteiger charge is -2.34. The molecule has 0 spiro atoms. The predicted molar refractivity (Wildman–Crippen MR) is 90.0 cm³/mol. The maximum atomic E-state index is 13.3. The summed E-state index contributed by atoms with van der Waals surface area (Å²) in [4.78, 5) is 22.7. The van der Waals surface area contributed by atoms with Gasteiger partial charge in [0, 0.05) is 50.7 Å². The highest BCUT2D eigenvalue weighted by Crippen LogP contribution is 2.15. The Balaban J connectivity index is 1.58. The number of amides is 1. The zero-order chi connectivity index (χ0) is 17.6. The molecule has 1 fully saturated rings. The molecule has 2 heterocycles. The molecule has 0 radical (unpaired) electrons. The first-order chi connectivity index (χ1) is 12.2. The molecule has 25 heavy (non-hydrogen) atoms. The quantitative estimate of drug-likeness (QED) is 0.823. The predicted octanol–water partition coefficient (Wildman–Crippen LogP) is 0.537. The van der Waals surface area contributed by atoms with E-state index in [1.54, 1.807) is 12.1 Å². The average Bonchev–Trinajstić information content (AvgIpc) is 2.64. The maximum Gasteiger partial charge on any atom is 0.268 e. The summed E-state index contributed by atoms with van der Waals surface area (Å²) in [6.45, 7) is 3.74. The third-order valence-electron chi connectivity index (χ3n) is 4.05. The van der Waals surface area contributed by atoms with Gasteiger partial charge in [-0.25, -0.2) is 19.4 Å². The van der Waals surface area contributed by atoms with Gasteiger partial charge in [0.1, 0.15) is 5.82 Å². The minimum absolute atomic E-state index is 0.140. The van der Waals surface area contributed by atoms with Gasteiger partial charge in [0.2, 0.25) is 0 Å². The van der Waals surface area contributed by atoms with Crippen molar-refractivity contribution in [3.63, 3.8) is 0 Å². The van der Waals surface area contributed by atoms with E-state index < -0.39 is 0 Å². The molecular weight excluding hydrogens is 325 g/mol. The SMILES string of the molecule is O=C(NN1CCN(CCO)CC1)c1cnc(-c2cccc(F)c2)nc1. The molecule has 0 bridgehead atoms. The van der Waals surface area contributed by atoms with Crippen molar-refractivity contribution in [2.24, 2.45) is 0 Å². The van der Waals surface area contributed by atoms with Gasteiger partial charge in [0.05, 0.1) is 12.2 Å². The van der Waals surface area contributed by atoms with Crippen LogP contribution in [0.4, 0.5) is 4.39 Å². The third kappa shape index (κ3) is 4.56. The highest BCUT2D eigenvalue weighted by Gasteiger charge is 2.18. The monoisotopic (exact) mass is 345 g/mol. The summed E-state index contributed by atoms with van der Waals surface area (Å²) in [5, 5.41) is 10.8. The number of aromatic nitrogens is 2. The molecule has 1 aliphatic heterocycles. The molecule has 0 unspecified atom stereocenters. The van der Waals surface area contributed by atoms with Gasteiger partial charge in [-0.1, -0.05) is 12.1 Å². The normalized spacial score (nSPS) is 15.9. The number of carbonyl (C=O) groups excluding carboxylic acids is 1. The summed E-state index contributed by atoms with van der Waals surface area (Å²) in [5.74, 6) is -0.265. The Morgan fingerprint density at radius 3 is 2.56 bits per heavy atom. The molecule has 2 aromatic rings. The van der Waals surface area contributed by atoms with Crippen LogP contribution >= 0.6 is 0 Å². The van der Waals surface area contributed by atoms with Crippen molar-refractivity contribution >= 4 is 5.91 Å². The maximum absolute atomic E-state index is 13.3. The van der Waals surface area contributed by atoms with Crippen molar-refractivity contribution in [1.29, 1.82) is 0 Å². The van der Waals surface area contributed by atoms with Gasteiger partial charge in [-0.3, -0.25) is 15.1 Å². The number of aliphatic hydroxyl groups excluding tert-OH is 1. The van der Waals surface area contributed by atoms with Crippen molar-refractivity contribution in [3.05, 3.63) is 48.0 Å². The van der Waals surface area contributed by atoms with Crippen LogP contribution in [0, 0.1) is 5.82 Å². The molecule has 1 aromatic carbocycles. The number of rotatable bonds is 5. The smallest absolute Gasteiger partial charge is 0.268 e. The van der Waals surface area contributed by atoms with E-state index in [0.717, 1.165) is 13.1 Å². The fourth-order valence-corrected chi connectivity index (χ4v) is 2.65. The third-order valence-corrected chi connectivity index (χ3v) is 4.05. The van der Waals surface area contributed by atoms with E-state index >= 15 is 0 Å². The molecule has 2 N–H and O–H groups in total. The summed E-state index contributed by atoms with van der Waals surface area (Å²) in [6.07, 6.45) is 2.87. The van der Waals surface area contributed by atoms with Gasteiger partial charge in [-0.2, -0.15) is 0 Å². The number of carbonyl (C=O) groups is 1. The first-order valence-corrected chi connectivity index (χ1v) is 8.13. The first-order valence-electron chi connectivity index (χ1n) is 8.13. The van der Waals surface area contributed by atoms with Gasteiger partial charge in [0.25, 0.3) is 5.91 Å². The van der Waals surface area contributed by atoms with E-state index in [9.17, 15) is 9.18 Å². The summed E-state index contributed by atoms with van der Waals surface area (Å²) in [5.41, 5.74) is 3.74. The van der Waals surface area contributed by atoms with Crippen molar-refractivity contribution in [1.82, 2.24) is 25.3 Å². The molecule has 1 aromatic heterocycles. The largest absolute Gasteiger partial charge is 0.395 e. The minimum atomic E-state index is -0.358. The lowest BCUT2D eigenvalue weighted by molar-refractivity contribution is 0.0580. The molecule has 0 atom stereocenters. The number of β-amino-alcohol motifs (C(OH)–C–C–N with tert-alkyl or cyclic N) is 1. The summed E-state index contributed by atoms with van der Waals surface area (Å²) in [6, 6.07) is 6.00. The van der Waals surface area contributed by atoms with Gasteiger partial charge in [0.15, 0.2) is 5.82 Å². The zero-order valence-electron chi connectivity index (χ0n) is 13.7. The van der Waals surface area contributed by atoms with E-state index in [4.69, 9.17) is 5.11 Å². The molecule has 1 saturated heterocycles. The molecule has 0 aliphatic carbocycles. The van der Waals surface area contributed by atoms with Crippen molar-refractivity contribution in [2.45, 2.75) is 0 Å². The summed E-state index contributed by atoms with van der Waals surface area (Å²) in [7, 11) is 0. The van der Waals surface area contributed by atoms with E-state index in [0.29, 0.717) is 36.6 Å². The standard InChI is InChI=1S/C17H20FN5O2/c18-15-3-1-2-13(10-15)16-19-11-14(12-20-16)17(25)21-23-6-4-22(5-7-23)8-9-24/h1-3,10-12,24H,4-9H2,(H,21,25). The highest BCUT2D eigenvalue weighted by atomic mass is 19.1. The Morgan fingerprint density at radius 1 is 1.20 bits per heavy atom. The van der Waals surface area contributed by atoms with E-state index in [-0.39, 0.29) is 18.3 Å². The van der Waals surface area contributed by atoms with Crippen LogP contribution in [0.3, 0.4) is 0 Å². The molecule has 1 amide bonds. The number of piperazine rings is 1. The fraction of sp³-hybridized carbons (Fsp3) is 0.353. The summed E-state index contributed by atoms with van der Waals surface area (Å²) >= 11 is 0. The topological polar surface area (TPSA) is 81.6 Å². The Kier molecular flexibility index (Phi) is 5.64. The number of hydrogen-bond donors (Lipinski definition) is 2. The molecule has 0 saturated carbocycles. The lowest BCUT2D eigenvalue weighted by Crippen LogP contribution is -2.53. The van der Waals surface area contributed by atoms with Gasteiger partial charge in [-0.15, -0.1) is 0 Å². The van der Waals surface area contributed by atoms with Crippen molar-refractivity contribution in [2.75, 3.05) is 39.3 Å². The van der Waals surface area contributed by atoms with Crippen LogP contribution in [0.5, 0.6) is 0 Å². The van der Waals surface area contributed by atoms with Crippen molar-refractivity contribution in [3.8, 4) is 11.4 Å². The van der Waals surface area contributed by atoms with Crippen LogP contribution in [0.2, 0.25) is 0 Å². The lowest BCUT2D eigenvalue weighted by atomic mass is 10.2. The molecule has 3 rings (SSSR count). The number of hydrogen-bond acceptors (Lipinski definition) is 6.